The van der Waals surface area contributed by atoms with Crippen LogP contribution in [0.25, 0.3) is 0 Å². The maximum atomic E-state index is 12.8. The summed E-state index contributed by atoms with van der Waals surface area (Å²) in [6, 6.07) is 7.28. The first-order chi connectivity index (χ1) is 11.9. The molecule has 3 rings (SSSR count). The Morgan fingerprint density at radius 3 is 2.64 bits per heavy atom. The van der Waals surface area contributed by atoms with Gasteiger partial charge in [-0.2, -0.15) is 0 Å². The van der Waals surface area contributed by atoms with E-state index < -0.39 is 0 Å². The minimum atomic E-state index is 0.00443. The molecule has 0 bridgehead atoms. The number of benzene rings is 1. The van der Waals surface area contributed by atoms with E-state index in [1.165, 1.54) is 0 Å². The Morgan fingerprint density at radius 2 is 2.00 bits per heavy atom. The van der Waals surface area contributed by atoms with E-state index in [1.807, 2.05) is 50.8 Å². The molecule has 0 spiro atoms. The minimum Gasteiger partial charge on any atom is -0.489 e. The number of ether oxygens (including phenoxy) is 2. The Balaban J connectivity index is 1.69. The predicted molar refractivity (Wildman–Crippen MR) is 92.7 cm³/mol. The first-order valence-electron chi connectivity index (χ1n) is 8.53. The van der Waals surface area contributed by atoms with Gasteiger partial charge in [-0.1, -0.05) is 11.2 Å². The van der Waals surface area contributed by atoms with E-state index in [9.17, 15) is 4.79 Å². The van der Waals surface area contributed by atoms with Crippen LogP contribution in [0.15, 0.2) is 28.8 Å². The van der Waals surface area contributed by atoms with Crippen molar-refractivity contribution in [1.82, 2.24) is 10.1 Å². The van der Waals surface area contributed by atoms with Crippen LogP contribution in [0.3, 0.4) is 0 Å². The highest BCUT2D eigenvalue weighted by molar-refractivity contribution is 5.94. The molecular weight excluding hydrogens is 320 g/mol. The average Bonchev–Trinajstić information content (AvgIpc) is 2.90. The van der Waals surface area contributed by atoms with E-state index in [-0.39, 0.29) is 18.1 Å². The quantitative estimate of drug-likeness (QED) is 0.853. The van der Waals surface area contributed by atoms with Gasteiger partial charge in [-0.3, -0.25) is 4.79 Å². The lowest BCUT2D eigenvalue weighted by molar-refractivity contribution is -0.0586. The van der Waals surface area contributed by atoms with Crippen LogP contribution in [0.5, 0.6) is 5.75 Å². The van der Waals surface area contributed by atoms with E-state index in [1.54, 1.807) is 6.07 Å². The van der Waals surface area contributed by atoms with Gasteiger partial charge in [0.15, 0.2) is 0 Å². The predicted octanol–water partition coefficient (Wildman–Crippen LogP) is 3.12. The molecule has 1 amide bonds. The smallest absolute Gasteiger partial charge is 0.254 e. The third-order valence-corrected chi connectivity index (χ3v) is 4.35. The van der Waals surface area contributed by atoms with Crippen molar-refractivity contribution in [3.05, 3.63) is 46.8 Å². The summed E-state index contributed by atoms with van der Waals surface area (Å²) in [5, 5.41) is 3.92. The van der Waals surface area contributed by atoms with Crippen molar-refractivity contribution in [2.75, 3.05) is 13.1 Å². The normalized spacial score (nSPS) is 20.6. The molecule has 2 atom stereocenters. The van der Waals surface area contributed by atoms with Crippen LogP contribution in [-0.4, -0.2) is 41.3 Å². The molecule has 2 aromatic rings. The Kier molecular flexibility index (Phi) is 5.08. The third-order valence-electron chi connectivity index (χ3n) is 4.35. The van der Waals surface area contributed by atoms with Crippen molar-refractivity contribution in [3.63, 3.8) is 0 Å². The van der Waals surface area contributed by atoms with Gasteiger partial charge in [-0.15, -0.1) is 0 Å². The summed E-state index contributed by atoms with van der Waals surface area (Å²) in [7, 11) is 0. The molecule has 25 heavy (non-hydrogen) atoms. The van der Waals surface area contributed by atoms with E-state index in [0.29, 0.717) is 31.0 Å². The van der Waals surface area contributed by atoms with Gasteiger partial charge in [0, 0.05) is 18.7 Å². The van der Waals surface area contributed by atoms with Gasteiger partial charge in [-0.05, 0) is 45.9 Å². The number of hydrogen-bond donors (Lipinski definition) is 0. The fraction of sp³-hybridized carbons (Fsp3) is 0.474. The molecule has 0 saturated carbocycles. The van der Waals surface area contributed by atoms with Gasteiger partial charge in [0.05, 0.1) is 23.5 Å². The third kappa shape index (κ3) is 4.02. The number of aryl methyl sites for hydroxylation is 2. The van der Waals surface area contributed by atoms with E-state index in [2.05, 4.69) is 5.16 Å². The monoisotopic (exact) mass is 344 g/mol. The summed E-state index contributed by atoms with van der Waals surface area (Å²) in [6.45, 7) is 9.29. The maximum Gasteiger partial charge on any atom is 0.254 e. The number of hydrogen-bond acceptors (Lipinski definition) is 5. The van der Waals surface area contributed by atoms with Crippen molar-refractivity contribution in [2.45, 2.75) is 46.5 Å². The molecule has 134 valence electrons. The molecule has 1 aromatic carbocycles. The van der Waals surface area contributed by atoms with Gasteiger partial charge in [0.2, 0.25) is 0 Å². The number of carbonyl (C=O) groups is 1. The highest BCUT2D eigenvalue weighted by atomic mass is 16.5. The number of carbonyl (C=O) groups excluding carboxylic acids is 1. The molecule has 1 aromatic heterocycles. The number of rotatable bonds is 4. The molecule has 0 radical (unpaired) electrons. The topological polar surface area (TPSA) is 64.8 Å². The maximum absolute atomic E-state index is 12.8. The molecule has 2 unspecified atom stereocenters. The second kappa shape index (κ2) is 7.27. The van der Waals surface area contributed by atoms with Gasteiger partial charge >= 0.3 is 0 Å². The number of morpholine rings is 1. The highest BCUT2D eigenvalue weighted by Gasteiger charge is 2.26. The zero-order valence-electron chi connectivity index (χ0n) is 15.1. The van der Waals surface area contributed by atoms with Gasteiger partial charge in [-0.25, -0.2) is 0 Å². The number of nitrogens with zero attached hydrogens (tertiary/aromatic N) is 2. The van der Waals surface area contributed by atoms with Gasteiger partial charge < -0.3 is 18.9 Å². The van der Waals surface area contributed by atoms with Crippen molar-refractivity contribution >= 4 is 5.91 Å². The van der Waals surface area contributed by atoms with E-state index in [4.69, 9.17) is 14.0 Å². The van der Waals surface area contributed by atoms with Gasteiger partial charge in [0.1, 0.15) is 18.1 Å². The highest BCUT2D eigenvalue weighted by Crippen LogP contribution is 2.20. The largest absolute Gasteiger partial charge is 0.489 e. The van der Waals surface area contributed by atoms with Crippen molar-refractivity contribution in [3.8, 4) is 5.75 Å². The second-order valence-corrected chi connectivity index (χ2v) is 6.59. The molecule has 0 aliphatic carbocycles. The van der Waals surface area contributed by atoms with Crippen LogP contribution < -0.4 is 4.74 Å². The molecule has 0 N–H and O–H groups in total. The first kappa shape index (κ1) is 17.5. The van der Waals surface area contributed by atoms with Crippen molar-refractivity contribution in [1.29, 1.82) is 0 Å². The number of amides is 1. The van der Waals surface area contributed by atoms with Crippen molar-refractivity contribution in [2.24, 2.45) is 0 Å². The summed E-state index contributed by atoms with van der Waals surface area (Å²) in [5.41, 5.74) is 2.38. The van der Waals surface area contributed by atoms with Crippen LogP contribution >= 0.6 is 0 Å². The first-order valence-corrected chi connectivity index (χ1v) is 8.53. The molecule has 6 heteroatoms. The summed E-state index contributed by atoms with van der Waals surface area (Å²) < 4.78 is 16.7. The Morgan fingerprint density at radius 1 is 1.28 bits per heavy atom. The molecule has 1 aliphatic heterocycles. The average molecular weight is 344 g/mol. The van der Waals surface area contributed by atoms with Crippen LogP contribution in [0.2, 0.25) is 0 Å². The lowest BCUT2D eigenvalue weighted by Gasteiger charge is -2.35. The summed E-state index contributed by atoms with van der Waals surface area (Å²) in [5.74, 6) is 1.41. The zero-order valence-corrected chi connectivity index (χ0v) is 15.1. The Hall–Kier alpha value is -2.34. The molecule has 6 nitrogen and oxygen atoms in total. The second-order valence-electron chi connectivity index (χ2n) is 6.59. The molecule has 2 heterocycles. The van der Waals surface area contributed by atoms with Gasteiger partial charge in [0.25, 0.3) is 5.91 Å². The summed E-state index contributed by atoms with van der Waals surface area (Å²) in [4.78, 5) is 14.6. The van der Waals surface area contributed by atoms with Crippen LogP contribution in [0.1, 0.15) is 41.2 Å². The minimum absolute atomic E-state index is 0.00443. The molecule has 1 aliphatic rings. The lowest BCUT2D eigenvalue weighted by atomic mass is 10.1. The number of aromatic nitrogens is 1. The lowest BCUT2D eigenvalue weighted by Crippen LogP contribution is -2.48. The fourth-order valence-electron chi connectivity index (χ4n) is 3.11. The zero-order chi connectivity index (χ0) is 18.0. The molecular formula is C19H24N2O4. The summed E-state index contributed by atoms with van der Waals surface area (Å²) >= 11 is 0. The SMILES string of the molecule is Cc1noc(C)c1COc1cccc(C(=O)N2CC(C)OC(C)C2)c1. The van der Waals surface area contributed by atoms with Crippen LogP contribution in [0.4, 0.5) is 0 Å². The van der Waals surface area contributed by atoms with E-state index in [0.717, 1.165) is 17.0 Å². The van der Waals surface area contributed by atoms with Crippen LogP contribution in [-0.2, 0) is 11.3 Å². The molecule has 1 fully saturated rings. The summed E-state index contributed by atoms with van der Waals surface area (Å²) in [6.07, 6.45) is 0.0957. The fourth-order valence-corrected chi connectivity index (χ4v) is 3.11. The van der Waals surface area contributed by atoms with E-state index >= 15 is 0 Å². The standard InChI is InChI=1S/C19H24N2O4/c1-12-9-21(10-13(2)24-12)19(22)16-6-5-7-17(8-16)23-11-18-14(3)20-25-15(18)4/h5-8,12-13H,9-11H2,1-4H3. The Bertz CT molecular complexity index is 726. The van der Waals surface area contributed by atoms with Crippen LogP contribution in [0, 0.1) is 13.8 Å². The molecule has 1 saturated heterocycles. The van der Waals surface area contributed by atoms with Crippen molar-refractivity contribution < 1.29 is 18.8 Å². The Labute approximate surface area is 147 Å².